The van der Waals surface area contributed by atoms with Crippen molar-refractivity contribution in [3.8, 4) is 6.07 Å². The second kappa shape index (κ2) is 9.49. The SMILES string of the molecule is N#CC1(c2ccccc2)CCC(N2CCN(CC(O)c3ccc(Cl)cc3)CC2)CC1. The molecule has 4 rings (SSSR count). The van der Waals surface area contributed by atoms with Gasteiger partial charge in [0.15, 0.2) is 0 Å². The van der Waals surface area contributed by atoms with E-state index in [1.807, 2.05) is 42.5 Å². The number of piperazine rings is 1. The van der Waals surface area contributed by atoms with Crippen molar-refractivity contribution in [2.24, 2.45) is 0 Å². The Hall–Kier alpha value is -1.90. The van der Waals surface area contributed by atoms with Gasteiger partial charge in [-0.2, -0.15) is 5.26 Å². The number of nitriles is 1. The maximum Gasteiger partial charge on any atom is 0.0916 e. The molecule has 1 atom stereocenters. The highest BCUT2D eigenvalue weighted by Crippen LogP contribution is 2.40. The van der Waals surface area contributed by atoms with Crippen molar-refractivity contribution >= 4 is 11.6 Å². The Morgan fingerprint density at radius 3 is 2.23 bits per heavy atom. The molecule has 2 aliphatic rings. The van der Waals surface area contributed by atoms with Gasteiger partial charge in [0.2, 0.25) is 0 Å². The molecule has 1 N–H and O–H groups in total. The van der Waals surface area contributed by atoms with Crippen LogP contribution in [0.2, 0.25) is 5.02 Å². The summed E-state index contributed by atoms with van der Waals surface area (Å²) in [6.45, 7) is 4.67. The van der Waals surface area contributed by atoms with Crippen LogP contribution in [0, 0.1) is 11.3 Å². The van der Waals surface area contributed by atoms with Gasteiger partial charge in [0.25, 0.3) is 0 Å². The smallest absolute Gasteiger partial charge is 0.0916 e. The van der Waals surface area contributed by atoms with Gasteiger partial charge in [0, 0.05) is 43.8 Å². The van der Waals surface area contributed by atoms with E-state index in [0.29, 0.717) is 17.6 Å². The predicted octanol–water partition coefficient (Wildman–Crippen LogP) is 4.40. The van der Waals surface area contributed by atoms with Crippen LogP contribution in [0.3, 0.4) is 0 Å². The molecule has 1 aliphatic carbocycles. The van der Waals surface area contributed by atoms with Crippen molar-refractivity contribution in [3.05, 3.63) is 70.7 Å². The van der Waals surface area contributed by atoms with Crippen LogP contribution in [0.15, 0.2) is 54.6 Å². The Labute approximate surface area is 184 Å². The number of hydrogen-bond donors (Lipinski definition) is 1. The zero-order valence-electron chi connectivity index (χ0n) is 17.4. The van der Waals surface area contributed by atoms with E-state index < -0.39 is 6.10 Å². The first-order chi connectivity index (χ1) is 14.6. The second-order valence-corrected chi connectivity index (χ2v) is 9.13. The summed E-state index contributed by atoms with van der Waals surface area (Å²) in [5.74, 6) is 0. The maximum atomic E-state index is 10.5. The van der Waals surface area contributed by atoms with Crippen LogP contribution in [-0.4, -0.2) is 53.7 Å². The van der Waals surface area contributed by atoms with E-state index >= 15 is 0 Å². The van der Waals surface area contributed by atoms with Crippen molar-refractivity contribution in [3.63, 3.8) is 0 Å². The van der Waals surface area contributed by atoms with Gasteiger partial charge < -0.3 is 5.11 Å². The van der Waals surface area contributed by atoms with Gasteiger partial charge in [-0.05, 0) is 48.9 Å². The molecule has 2 fully saturated rings. The van der Waals surface area contributed by atoms with Gasteiger partial charge >= 0.3 is 0 Å². The summed E-state index contributed by atoms with van der Waals surface area (Å²) in [7, 11) is 0. The summed E-state index contributed by atoms with van der Waals surface area (Å²) in [6.07, 6.45) is 3.55. The van der Waals surface area contributed by atoms with E-state index in [-0.39, 0.29) is 5.41 Å². The van der Waals surface area contributed by atoms with Crippen molar-refractivity contribution in [1.29, 1.82) is 5.26 Å². The topological polar surface area (TPSA) is 50.5 Å². The third-order valence-electron chi connectivity index (χ3n) is 6.96. The van der Waals surface area contributed by atoms with E-state index in [4.69, 9.17) is 11.6 Å². The van der Waals surface area contributed by atoms with Gasteiger partial charge in [0.1, 0.15) is 0 Å². The first-order valence-corrected chi connectivity index (χ1v) is 11.3. The second-order valence-electron chi connectivity index (χ2n) is 8.70. The minimum atomic E-state index is -0.481. The molecule has 158 valence electrons. The molecule has 30 heavy (non-hydrogen) atoms. The summed E-state index contributed by atoms with van der Waals surface area (Å²) in [5.41, 5.74) is 1.78. The van der Waals surface area contributed by atoms with Crippen molar-refractivity contribution < 1.29 is 5.11 Å². The molecule has 2 aromatic rings. The van der Waals surface area contributed by atoms with Crippen LogP contribution >= 0.6 is 11.6 Å². The lowest BCUT2D eigenvalue weighted by molar-refractivity contribution is 0.0433. The molecule has 4 nitrogen and oxygen atoms in total. The maximum absolute atomic E-state index is 10.5. The minimum Gasteiger partial charge on any atom is -0.387 e. The van der Waals surface area contributed by atoms with Gasteiger partial charge in [-0.1, -0.05) is 54.1 Å². The summed E-state index contributed by atoms with van der Waals surface area (Å²) >= 11 is 5.94. The highest BCUT2D eigenvalue weighted by Gasteiger charge is 2.39. The van der Waals surface area contributed by atoms with Crippen molar-refractivity contribution in [1.82, 2.24) is 9.80 Å². The summed E-state index contributed by atoms with van der Waals surface area (Å²) < 4.78 is 0. The van der Waals surface area contributed by atoms with E-state index in [0.717, 1.165) is 57.4 Å². The molecule has 1 saturated heterocycles. The Morgan fingerprint density at radius 2 is 1.63 bits per heavy atom. The zero-order chi connectivity index (χ0) is 21.0. The number of aliphatic hydroxyl groups is 1. The van der Waals surface area contributed by atoms with Crippen LogP contribution in [-0.2, 0) is 5.41 Å². The number of rotatable bonds is 5. The van der Waals surface area contributed by atoms with Crippen molar-refractivity contribution in [2.75, 3.05) is 32.7 Å². The quantitative estimate of drug-likeness (QED) is 0.774. The standard InChI is InChI=1S/C25H30ClN3O/c26-22-8-6-20(7-9-22)24(30)18-28-14-16-29(17-15-28)23-10-12-25(19-27,13-11-23)21-4-2-1-3-5-21/h1-9,23-24,30H,10-18H2. The molecule has 5 heteroatoms. The largest absolute Gasteiger partial charge is 0.387 e. The molecule has 0 spiro atoms. The van der Waals surface area contributed by atoms with Crippen molar-refractivity contribution in [2.45, 2.75) is 43.2 Å². The highest BCUT2D eigenvalue weighted by molar-refractivity contribution is 6.30. The van der Waals surface area contributed by atoms with Gasteiger partial charge in [-0.25, -0.2) is 0 Å². The molecule has 0 bridgehead atoms. The number of benzene rings is 2. The van der Waals surface area contributed by atoms with Gasteiger partial charge in [-0.3, -0.25) is 9.80 Å². The minimum absolute atomic E-state index is 0.317. The monoisotopic (exact) mass is 423 g/mol. The molecule has 0 amide bonds. The number of aliphatic hydroxyl groups excluding tert-OH is 1. The number of nitrogens with zero attached hydrogens (tertiary/aromatic N) is 3. The summed E-state index contributed by atoms with van der Waals surface area (Å²) in [4.78, 5) is 4.94. The molecular weight excluding hydrogens is 394 g/mol. The first kappa shape index (κ1) is 21.3. The van der Waals surface area contributed by atoms with E-state index in [1.54, 1.807) is 0 Å². The fourth-order valence-corrected chi connectivity index (χ4v) is 5.15. The fraction of sp³-hybridized carbons (Fsp3) is 0.480. The number of hydrogen-bond acceptors (Lipinski definition) is 4. The predicted molar refractivity (Wildman–Crippen MR) is 120 cm³/mol. The Balaban J connectivity index is 1.27. The Kier molecular flexibility index (Phi) is 6.75. The van der Waals surface area contributed by atoms with Gasteiger partial charge in [-0.15, -0.1) is 0 Å². The highest BCUT2D eigenvalue weighted by atomic mass is 35.5. The van der Waals surface area contributed by atoms with Crippen LogP contribution in [0.1, 0.15) is 42.9 Å². The lowest BCUT2D eigenvalue weighted by Crippen LogP contribution is -2.52. The summed E-state index contributed by atoms with van der Waals surface area (Å²) in [5, 5.41) is 21.2. The first-order valence-electron chi connectivity index (χ1n) is 11.0. The Bertz CT molecular complexity index is 848. The molecule has 2 aromatic carbocycles. The summed E-state index contributed by atoms with van der Waals surface area (Å²) in [6, 6.07) is 21.0. The van der Waals surface area contributed by atoms with Crippen LogP contribution in [0.25, 0.3) is 0 Å². The van der Waals surface area contributed by atoms with Crippen LogP contribution in [0.5, 0.6) is 0 Å². The molecule has 0 aromatic heterocycles. The average Bonchev–Trinajstić information content (AvgIpc) is 2.81. The number of halogens is 1. The van der Waals surface area contributed by atoms with E-state index in [2.05, 4.69) is 28.0 Å². The third kappa shape index (κ3) is 4.71. The third-order valence-corrected chi connectivity index (χ3v) is 7.21. The lowest BCUT2D eigenvalue weighted by atomic mass is 9.69. The lowest BCUT2D eigenvalue weighted by Gasteiger charge is -2.44. The average molecular weight is 424 g/mol. The zero-order valence-corrected chi connectivity index (χ0v) is 18.1. The molecule has 1 heterocycles. The fourth-order valence-electron chi connectivity index (χ4n) is 5.03. The molecule has 0 radical (unpaired) electrons. The Morgan fingerprint density at radius 1 is 1.00 bits per heavy atom. The van der Waals surface area contributed by atoms with Gasteiger partial charge in [0.05, 0.1) is 17.6 Å². The molecule has 1 saturated carbocycles. The van der Waals surface area contributed by atoms with Crippen LogP contribution in [0.4, 0.5) is 0 Å². The molecule has 1 aliphatic heterocycles. The van der Waals surface area contributed by atoms with E-state index in [1.165, 1.54) is 5.56 Å². The molecular formula is C25H30ClN3O. The number of β-amino-alcohol motifs (C(OH)–C–C–N with tert-alkyl or cyclic N) is 1. The normalized spacial score (nSPS) is 26.8. The van der Waals surface area contributed by atoms with E-state index in [9.17, 15) is 10.4 Å². The van der Waals surface area contributed by atoms with Crippen LogP contribution < -0.4 is 0 Å². The molecule has 1 unspecified atom stereocenters.